The minimum Gasteiger partial charge on any atom is -0.339 e. The van der Waals surface area contributed by atoms with Crippen LogP contribution in [0.1, 0.15) is 64.1 Å². The highest BCUT2D eigenvalue weighted by Crippen LogP contribution is 2.34. The van der Waals surface area contributed by atoms with Gasteiger partial charge >= 0.3 is 0 Å². The van der Waals surface area contributed by atoms with Crippen LogP contribution < -0.4 is 5.32 Å². The standard InChI is InChI=1S/C14H25N3O/c1-10(2)15-8-7-13-16-14(17-18-13)12-6-4-5-11(3)9-12/h10-12,15H,4-9H2,1-3H3. The molecule has 2 unspecified atom stereocenters. The van der Waals surface area contributed by atoms with Gasteiger partial charge in [-0.3, -0.25) is 0 Å². The van der Waals surface area contributed by atoms with E-state index in [2.05, 4.69) is 36.2 Å². The van der Waals surface area contributed by atoms with Crippen LogP contribution in [0.4, 0.5) is 0 Å². The highest BCUT2D eigenvalue weighted by atomic mass is 16.5. The molecule has 1 aliphatic carbocycles. The minimum absolute atomic E-state index is 0.506. The molecule has 0 radical (unpaired) electrons. The number of rotatable bonds is 5. The molecule has 0 amide bonds. The van der Waals surface area contributed by atoms with Crippen LogP contribution in [0.5, 0.6) is 0 Å². The van der Waals surface area contributed by atoms with E-state index in [1.165, 1.54) is 25.7 Å². The first-order chi connectivity index (χ1) is 8.65. The molecule has 1 aliphatic rings. The lowest BCUT2D eigenvalue weighted by Crippen LogP contribution is -2.25. The van der Waals surface area contributed by atoms with Crippen molar-refractivity contribution >= 4 is 0 Å². The van der Waals surface area contributed by atoms with Crippen LogP contribution >= 0.6 is 0 Å². The molecule has 1 aromatic heterocycles. The summed E-state index contributed by atoms with van der Waals surface area (Å²) in [5.74, 6) is 3.02. The van der Waals surface area contributed by atoms with Gasteiger partial charge in [-0.15, -0.1) is 0 Å². The molecule has 2 rings (SSSR count). The molecular weight excluding hydrogens is 226 g/mol. The van der Waals surface area contributed by atoms with E-state index >= 15 is 0 Å². The lowest BCUT2D eigenvalue weighted by molar-refractivity contribution is 0.319. The van der Waals surface area contributed by atoms with Gasteiger partial charge < -0.3 is 9.84 Å². The van der Waals surface area contributed by atoms with Gasteiger partial charge in [0.2, 0.25) is 5.89 Å². The van der Waals surface area contributed by atoms with Gasteiger partial charge in [0, 0.05) is 24.9 Å². The summed E-state index contributed by atoms with van der Waals surface area (Å²) in [4.78, 5) is 4.55. The molecule has 4 nitrogen and oxygen atoms in total. The van der Waals surface area contributed by atoms with E-state index in [-0.39, 0.29) is 0 Å². The van der Waals surface area contributed by atoms with Crippen molar-refractivity contribution in [3.05, 3.63) is 11.7 Å². The Bertz CT molecular complexity index is 362. The topological polar surface area (TPSA) is 51.0 Å². The summed E-state index contributed by atoms with van der Waals surface area (Å²) in [6.45, 7) is 7.51. The molecule has 2 atom stereocenters. The third-order valence-corrected chi connectivity index (χ3v) is 3.68. The second kappa shape index (κ2) is 6.32. The molecule has 1 saturated carbocycles. The summed E-state index contributed by atoms with van der Waals surface area (Å²) in [6, 6.07) is 0.506. The lowest BCUT2D eigenvalue weighted by Gasteiger charge is -2.23. The van der Waals surface area contributed by atoms with Crippen LogP contribution in [0.15, 0.2) is 4.52 Å². The Morgan fingerprint density at radius 3 is 2.94 bits per heavy atom. The minimum atomic E-state index is 0.506. The summed E-state index contributed by atoms with van der Waals surface area (Å²) in [5, 5.41) is 7.52. The highest BCUT2D eigenvalue weighted by Gasteiger charge is 2.24. The van der Waals surface area contributed by atoms with Crippen molar-refractivity contribution in [1.82, 2.24) is 15.5 Å². The van der Waals surface area contributed by atoms with Gasteiger partial charge in [-0.2, -0.15) is 4.98 Å². The van der Waals surface area contributed by atoms with Crippen molar-refractivity contribution in [3.63, 3.8) is 0 Å². The highest BCUT2D eigenvalue weighted by molar-refractivity contribution is 4.98. The van der Waals surface area contributed by atoms with Gasteiger partial charge in [0.1, 0.15) is 0 Å². The maximum atomic E-state index is 5.33. The average Bonchev–Trinajstić information content (AvgIpc) is 2.77. The van der Waals surface area contributed by atoms with Gasteiger partial charge in [0.25, 0.3) is 0 Å². The van der Waals surface area contributed by atoms with Gasteiger partial charge in [-0.1, -0.05) is 38.8 Å². The Kier molecular flexibility index (Phi) is 4.75. The average molecular weight is 251 g/mol. The van der Waals surface area contributed by atoms with E-state index in [1.54, 1.807) is 0 Å². The van der Waals surface area contributed by atoms with Crippen molar-refractivity contribution in [2.45, 2.75) is 64.8 Å². The molecule has 1 heterocycles. The van der Waals surface area contributed by atoms with Crippen molar-refractivity contribution in [2.24, 2.45) is 5.92 Å². The molecule has 4 heteroatoms. The van der Waals surface area contributed by atoms with Crippen LogP contribution in [0.2, 0.25) is 0 Å². The fourth-order valence-electron chi connectivity index (χ4n) is 2.67. The monoisotopic (exact) mass is 251 g/mol. The Labute approximate surface area is 110 Å². The third kappa shape index (κ3) is 3.80. The zero-order chi connectivity index (χ0) is 13.0. The number of nitrogens with one attached hydrogen (secondary N) is 1. The first-order valence-corrected chi connectivity index (χ1v) is 7.21. The summed E-state index contributed by atoms with van der Waals surface area (Å²) in [5.41, 5.74) is 0. The molecule has 0 aromatic carbocycles. The smallest absolute Gasteiger partial charge is 0.227 e. The largest absolute Gasteiger partial charge is 0.339 e. The molecule has 1 N–H and O–H groups in total. The van der Waals surface area contributed by atoms with Crippen LogP contribution in [-0.2, 0) is 6.42 Å². The lowest BCUT2D eigenvalue weighted by atomic mass is 9.82. The zero-order valence-electron chi connectivity index (χ0n) is 11.8. The van der Waals surface area contributed by atoms with E-state index in [9.17, 15) is 0 Å². The first kappa shape index (κ1) is 13.5. The molecule has 102 valence electrons. The van der Waals surface area contributed by atoms with Crippen molar-refractivity contribution < 1.29 is 4.52 Å². The Balaban J connectivity index is 1.85. The van der Waals surface area contributed by atoms with E-state index in [1.807, 2.05) is 0 Å². The molecule has 0 bridgehead atoms. The van der Waals surface area contributed by atoms with Crippen molar-refractivity contribution in [2.75, 3.05) is 6.54 Å². The predicted molar refractivity (Wildman–Crippen MR) is 71.5 cm³/mol. The van der Waals surface area contributed by atoms with E-state index in [0.717, 1.165) is 30.6 Å². The first-order valence-electron chi connectivity index (χ1n) is 7.21. The maximum Gasteiger partial charge on any atom is 0.227 e. The van der Waals surface area contributed by atoms with Crippen LogP contribution in [0, 0.1) is 5.92 Å². The van der Waals surface area contributed by atoms with E-state index in [4.69, 9.17) is 4.52 Å². The Morgan fingerprint density at radius 2 is 2.22 bits per heavy atom. The van der Waals surface area contributed by atoms with Crippen LogP contribution in [-0.4, -0.2) is 22.7 Å². The third-order valence-electron chi connectivity index (χ3n) is 3.68. The van der Waals surface area contributed by atoms with Crippen LogP contribution in [0.3, 0.4) is 0 Å². The second-order valence-electron chi connectivity index (χ2n) is 5.87. The second-order valence-corrected chi connectivity index (χ2v) is 5.87. The fraction of sp³-hybridized carbons (Fsp3) is 0.857. The van der Waals surface area contributed by atoms with Gasteiger partial charge in [-0.25, -0.2) is 0 Å². The normalized spacial score (nSPS) is 24.7. The van der Waals surface area contributed by atoms with Gasteiger partial charge in [0.15, 0.2) is 5.82 Å². The summed E-state index contributed by atoms with van der Waals surface area (Å²) >= 11 is 0. The molecule has 0 saturated heterocycles. The van der Waals surface area contributed by atoms with Gasteiger partial charge in [0.05, 0.1) is 0 Å². The number of hydrogen-bond donors (Lipinski definition) is 1. The molecular formula is C14H25N3O. The Morgan fingerprint density at radius 1 is 1.39 bits per heavy atom. The van der Waals surface area contributed by atoms with Gasteiger partial charge in [-0.05, 0) is 18.8 Å². The molecule has 0 spiro atoms. The molecule has 18 heavy (non-hydrogen) atoms. The number of nitrogens with zero attached hydrogens (tertiary/aromatic N) is 2. The van der Waals surface area contributed by atoms with E-state index in [0.29, 0.717) is 12.0 Å². The summed E-state index contributed by atoms with van der Waals surface area (Å²) in [7, 11) is 0. The fourth-order valence-corrected chi connectivity index (χ4v) is 2.67. The Hall–Kier alpha value is -0.900. The number of hydrogen-bond acceptors (Lipinski definition) is 4. The number of aromatic nitrogens is 2. The van der Waals surface area contributed by atoms with Crippen molar-refractivity contribution in [3.8, 4) is 0 Å². The predicted octanol–water partition coefficient (Wildman–Crippen LogP) is 2.90. The molecule has 1 fully saturated rings. The SMILES string of the molecule is CC1CCCC(c2noc(CCNC(C)C)n2)C1. The maximum absolute atomic E-state index is 5.33. The van der Waals surface area contributed by atoms with E-state index < -0.39 is 0 Å². The summed E-state index contributed by atoms with van der Waals surface area (Å²) < 4.78 is 5.33. The molecule has 0 aliphatic heterocycles. The van der Waals surface area contributed by atoms with Crippen molar-refractivity contribution in [1.29, 1.82) is 0 Å². The molecule has 1 aromatic rings. The van der Waals surface area contributed by atoms with Crippen LogP contribution in [0.25, 0.3) is 0 Å². The quantitative estimate of drug-likeness (QED) is 0.874. The summed E-state index contributed by atoms with van der Waals surface area (Å²) in [6.07, 6.45) is 5.90. The zero-order valence-corrected chi connectivity index (χ0v) is 11.8.